The Kier molecular flexibility index (Phi) is 3.15. The molecule has 0 N–H and O–H groups in total. The van der Waals surface area contributed by atoms with Crippen molar-refractivity contribution in [1.29, 1.82) is 0 Å². The standard InChI is InChI=1S/C18H18FNO/c19-15-6-7-18-16(8-15)17-11-20(10-14(17)12-21-18)9-13-4-2-1-3-5-13/h1-8,14,17H,9-12H2/t14-,17+/m1/s1. The van der Waals surface area contributed by atoms with Crippen LogP contribution in [-0.4, -0.2) is 24.6 Å². The lowest BCUT2D eigenvalue weighted by molar-refractivity contribution is 0.211. The Labute approximate surface area is 124 Å². The molecule has 1 fully saturated rings. The molecule has 0 spiro atoms. The van der Waals surface area contributed by atoms with Gasteiger partial charge in [-0.2, -0.15) is 0 Å². The lowest BCUT2D eigenvalue weighted by atomic mass is 9.87. The van der Waals surface area contributed by atoms with Crippen LogP contribution in [-0.2, 0) is 6.54 Å². The lowest BCUT2D eigenvalue weighted by Crippen LogP contribution is -2.25. The molecule has 0 amide bonds. The first-order valence-electron chi connectivity index (χ1n) is 7.48. The largest absolute Gasteiger partial charge is 0.493 e. The van der Waals surface area contributed by atoms with Crippen LogP contribution >= 0.6 is 0 Å². The van der Waals surface area contributed by atoms with Gasteiger partial charge in [0.15, 0.2) is 0 Å². The van der Waals surface area contributed by atoms with Crippen LogP contribution in [0.25, 0.3) is 0 Å². The third-order valence-corrected chi connectivity index (χ3v) is 4.59. The van der Waals surface area contributed by atoms with Crippen molar-refractivity contribution in [1.82, 2.24) is 4.90 Å². The monoisotopic (exact) mass is 283 g/mol. The average molecular weight is 283 g/mol. The molecule has 2 nitrogen and oxygen atoms in total. The van der Waals surface area contributed by atoms with Gasteiger partial charge in [0, 0.05) is 37.0 Å². The SMILES string of the molecule is Fc1ccc2c(c1)[C@H]1CN(Cc3ccccc3)C[C@@H]1CO2. The second-order valence-electron chi connectivity index (χ2n) is 6.04. The molecule has 2 aromatic rings. The number of halogens is 1. The van der Waals surface area contributed by atoms with Gasteiger partial charge in [-0.1, -0.05) is 30.3 Å². The van der Waals surface area contributed by atoms with E-state index in [1.807, 2.05) is 6.07 Å². The van der Waals surface area contributed by atoms with E-state index < -0.39 is 0 Å². The Morgan fingerprint density at radius 3 is 2.81 bits per heavy atom. The highest BCUT2D eigenvalue weighted by molar-refractivity contribution is 5.40. The van der Waals surface area contributed by atoms with Gasteiger partial charge in [0.1, 0.15) is 11.6 Å². The number of nitrogens with zero attached hydrogens (tertiary/aromatic N) is 1. The fourth-order valence-electron chi connectivity index (χ4n) is 3.59. The topological polar surface area (TPSA) is 12.5 Å². The molecule has 3 heteroatoms. The van der Waals surface area contributed by atoms with Gasteiger partial charge in [0.2, 0.25) is 0 Å². The van der Waals surface area contributed by atoms with Gasteiger partial charge in [-0.25, -0.2) is 4.39 Å². The molecule has 2 aliphatic heterocycles. The van der Waals surface area contributed by atoms with Crippen LogP contribution in [0.2, 0.25) is 0 Å². The number of rotatable bonds is 2. The molecule has 4 rings (SSSR count). The van der Waals surface area contributed by atoms with E-state index in [0.29, 0.717) is 11.8 Å². The number of likely N-dealkylation sites (tertiary alicyclic amines) is 1. The van der Waals surface area contributed by atoms with Crippen LogP contribution in [0.3, 0.4) is 0 Å². The van der Waals surface area contributed by atoms with Gasteiger partial charge in [-0.3, -0.25) is 4.90 Å². The number of hydrogen-bond acceptors (Lipinski definition) is 2. The van der Waals surface area contributed by atoms with E-state index in [0.717, 1.165) is 37.6 Å². The summed E-state index contributed by atoms with van der Waals surface area (Å²) < 4.78 is 19.3. The summed E-state index contributed by atoms with van der Waals surface area (Å²) in [6.07, 6.45) is 0. The third kappa shape index (κ3) is 2.42. The predicted molar refractivity (Wildman–Crippen MR) is 79.8 cm³/mol. The Balaban J connectivity index is 1.55. The van der Waals surface area contributed by atoms with Gasteiger partial charge in [0.25, 0.3) is 0 Å². The van der Waals surface area contributed by atoms with E-state index in [9.17, 15) is 4.39 Å². The Morgan fingerprint density at radius 1 is 1.10 bits per heavy atom. The number of hydrogen-bond donors (Lipinski definition) is 0. The molecule has 108 valence electrons. The maximum absolute atomic E-state index is 13.5. The van der Waals surface area contributed by atoms with Crippen LogP contribution < -0.4 is 4.74 Å². The van der Waals surface area contributed by atoms with Crippen molar-refractivity contribution >= 4 is 0 Å². The molecule has 21 heavy (non-hydrogen) atoms. The zero-order valence-electron chi connectivity index (χ0n) is 11.8. The molecule has 0 saturated carbocycles. The zero-order valence-corrected chi connectivity index (χ0v) is 11.8. The van der Waals surface area contributed by atoms with Gasteiger partial charge >= 0.3 is 0 Å². The first-order valence-corrected chi connectivity index (χ1v) is 7.48. The van der Waals surface area contributed by atoms with Crippen molar-refractivity contribution in [3.05, 3.63) is 65.5 Å². The smallest absolute Gasteiger partial charge is 0.123 e. The van der Waals surface area contributed by atoms with E-state index in [4.69, 9.17) is 4.74 Å². The Morgan fingerprint density at radius 2 is 1.95 bits per heavy atom. The van der Waals surface area contributed by atoms with Crippen molar-refractivity contribution < 1.29 is 9.13 Å². The second kappa shape index (κ2) is 5.15. The molecule has 0 aliphatic carbocycles. The lowest BCUT2D eigenvalue weighted by Gasteiger charge is -2.27. The van der Waals surface area contributed by atoms with Crippen molar-refractivity contribution in [2.24, 2.45) is 5.92 Å². The van der Waals surface area contributed by atoms with E-state index in [1.54, 1.807) is 12.1 Å². The molecule has 0 unspecified atom stereocenters. The Hall–Kier alpha value is -1.87. The van der Waals surface area contributed by atoms with Crippen molar-refractivity contribution in [3.63, 3.8) is 0 Å². The van der Waals surface area contributed by atoms with Crippen molar-refractivity contribution in [2.45, 2.75) is 12.5 Å². The van der Waals surface area contributed by atoms with E-state index in [2.05, 4.69) is 29.2 Å². The summed E-state index contributed by atoms with van der Waals surface area (Å²) in [6.45, 7) is 3.71. The molecule has 0 radical (unpaired) electrons. The van der Waals surface area contributed by atoms with Gasteiger partial charge in [-0.05, 0) is 23.8 Å². The summed E-state index contributed by atoms with van der Waals surface area (Å²) in [5.41, 5.74) is 2.37. The van der Waals surface area contributed by atoms with Crippen LogP contribution in [0.4, 0.5) is 4.39 Å². The first kappa shape index (κ1) is 12.8. The van der Waals surface area contributed by atoms with Crippen LogP contribution in [0.1, 0.15) is 17.0 Å². The minimum Gasteiger partial charge on any atom is -0.493 e. The van der Waals surface area contributed by atoms with Crippen LogP contribution in [0.15, 0.2) is 48.5 Å². The number of fused-ring (bicyclic) bond motifs is 3. The summed E-state index contributed by atoms with van der Waals surface area (Å²) >= 11 is 0. The molecular weight excluding hydrogens is 265 g/mol. The summed E-state index contributed by atoms with van der Waals surface area (Å²) in [7, 11) is 0. The minimum atomic E-state index is -0.167. The number of benzene rings is 2. The summed E-state index contributed by atoms with van der Waals surface area (Å²) in [5, 5.41) is 0. The summed E-state index contributed by atoms with van der Waals surface area (Å²) in [4.78, 5) is 2.45. The highest BCUT2D eigenvalue weighted by Crippen LogP contribution is 2.42. The fraction of sp³-hybridized carbons (Fsp3) is 0.333. The highest BCUT2D eigenvalue weighted by Gasteiger charge is 2.38. The number of ether oxygens (including phenoxy) is 1. The van der Waals surface area contributed by atoms with E-state index in [1.165, 1.54) is 11.6 Å². The molecule has 2 aromatic carbocycles. The van der Waals surface area contributed by atoms with Gasteiger partial charge in [-0.15, -0.1) is 0 Å². The fourth-order valence-corrected chi connectivity index (χ4v) is 3.59. The van der Waals surface area contributed by atoms with E-state index in [-0.39, 0.29) is 5.82 Å². The maximum Gasteiger partial charge on any atom is 0.123 e. The third-order valence-electron chi connectivity index (χ3n) is 4.59. The van der Waals surface area contributed by atoms with Gasteiger partial charge < -0.3 is 4.74 Å². The summed E-state index contributed by atoms with van der Waals surface area (Å²) in [6, 6.07) is 15.4. The van der Waals surface area contributed by atoms with Crippen LogP contribution in [0, 0.1) is 11.7 Å². The van der Waals surface area contributed by atoms with E-state index >= 15 is 0 Å². The van der Waals surface area contributed by atoms with Gasteiger partial charge in [0.05, 0.1) is 6.61 Å². The highest BCUT2D eigenvalue weighted by atomic mass is 19.1. The molecule has 1 saturated heterocycles. The maximum atomic E-state index is 13.5. The Bertz CT molecular complexity index is 643. The predicted octanol–water partition coefficient (Wildman–Crippen LogP) is 3.43. The van der Waals surface area contributed by atoms with Crippen molar-refractivity contribution in [2.75, 3.05) is 19.7 Å². The normalized spacial score (nSPS) is 24.2. The molecular formula is C18H18FNO. The molecule has 2 aliphatic rings. The summed E-state index contributed by atoms with van der Waals surface area (Å²) in [5.74, 6) is 1.56. The molecule has 2 atom stereocenters. The quantitative estimate of drug-likeness (QED) is 0.837. The average Bonchev–Trinajstić information content (AvgIpc) is 2.91. The molecule has 0 bridgehead atoms. The van der Waals surface area contributed by atoms with Crippen molar-refractivity contribution in [3.8, 4) is 5.75 Å². The first-order chi connectivity index (χ1) is 10.3. The minimum absolute atomic E-state index is 0.167. The molecule has 0 aromatic heterocycles. The zero-order chi connectivity index (χ0) is 14.2. The van der Waals surface area contributed by atoms with Crippen LogP contribution in [0.5, 0.6) is 5.75 Å². The molecule has 2 heterocycles. The second-order valence-corrected chi connectivity index (χ2v) is 6.04.